The first-order valence-corrected chi connectivity index (χ1v) is 9.72. The maximum atomic E-state index is 13.0. The second-order valence-corrected chi connectivity index (χ2v) is 7.16. The van der Waals surface area contributed by atoms with Crippen LogP contribution in [0.2, 0.25) is 0 Å². The van der Waals surface area contributed by atoms with E-state index in [1.807, 2.05) is 12.1 Å². The van der Waals surface area contributed by atoms with E-state index in [4.69, 9.17) is 5.84 Å². The number of imidazole rings is 1. The van der Waals surface area contributed by atoms with Crippen molar-refractivity contribution in [3.05, 3.63) is 83.9 Å². The number of halogens is 3. The molecule has 0 fully saturated rings. The van der Waals surface area contributed by atoms with Crippen molar-refractivity contribution < 1.29 is 18.0 Å². The maximum Gasteiger partial charge on any atom is 0.416 e. The van der Waals surface area contributed by atoms with Gasteiger partial charge in [-0.05, 0) is 29.8 Å². The van der Waals surface area contributed by atoms with Gasteiger partial charge < -0.3 is 10.7 Å². The minimum atomic E-state index is -4.42. The average Bonchev–Trinajstić information content (AvgIpc) is 3.25. The molecule has 0 unspecified atom stereocenters. The van der Waals surface area contributed by atoms with Crippen molar-refractivity contribution in [3.8, 4) is 11.3 Å². The fraction of sp³-hybridized carbons (Fsp3) is 0.136. The van der Waals surface area contributed by atoms with Gasteiger partial charge in [0.2, 0.25) is 0 Å². The fourth-order valence-electron chi connectivity index (χ4n) is 3.28. The van der Waals surface area contributed by atoms with Gasteiger partial charge in [-0.3, -0.25) is 9.20 Å². The smallest absolute Gasteiger partial charge is 0.310 e. The van der Waals surface area contributed by atoms with E-state index in [0.29, 0.717) is 29.1 Å². The number of alkyl halides is 3. The second-order valence-electron chi connectivity index (χ2n) is 7.16. The van der Waals surface area contributed by atoms with Crippen LogP contribution in [-0.4, -0.2) is 27.3 Å². The van der Waals surface area contributed by atoms with E-state index in [-0.39, 0.29) is 11.6 Å². The Labute approximate surface area is 186 Å². The van der Waals surface area contributed by atoms with E-state index in [9.17, 15) is 18.0 Å². The molecule has 2 heterocycles. The third-order valence-corrected chi connectivity index (χ3v) is 5.09. The Kier molecular flexibility index (Phi) is 5.78. The van der Waals surface area contributed by atoms with Gasteiger partial charge in [0.15, 0.2) is 5.65 Å². The van der Waals surface area contributed by atoms with Gasteiger partial charge in [-0.1, -0.05) is 29.5 Å². The minimum absolute atomic E-state index is 0.150. The normalized spacial score (nSPS) is 11.9. The average molecular weight is 453 g/mol. The number of aromatic nitrogens is 3. The van der Waals surface area contributed by atoms with Gasteiger partial charge >= 0.3 is 6.18 Å². The topological polar surface area (TPSA) is 101 Å². The summed E-state index contributed by atoms with van der Waals surface area (Å²) < 4.78 is 40.2. The van der Waals surface area contributed by atoms with Crippen LogP contribution in [0.15, 0.2) is 77.5 Å². The van der Waals surface area contributed by atoms with Crippen LogP contribution in [0.25, 0.3) is 16.9 Å². The summed E-state index contributed by atoms with van der Waals surface area (Å²) in [6.45, 7) is 0.333. The van der Waals surface area contributed by atoms with Crippen molar-refractivity contribution in [2.24, 2.45) is 16.2 Å². The molecule has 0 aliphatic rings. The molecular formula is C22H18F3N7O. The van der Waals surface area contributed by atoms with Crippen LogP contribution in [-0.2, 0) is 12.7 Å². The first-order valence-electron chi connectivity index (χ1n) is 9.72. The molecule has 168 valence electrons. The SMILES string of the molecule is CN(C(=O)c1cn2c(-c3ccc(C(F)(F)F)cc3)cnc2cn1)c1ccc(CN=NN)cc1. The van der Waals surface area contributed by atoms with Crippen LogP contribution >= 0.6 is 0 Å². The van der Waals surface area contributed by atoms with Gasteiger partial charge in [0.25, 0.3) is 5.91 Å². The Bertz CT molecular complexity index is 1310. The molecule has 33 heavy (non-hydrogen) atoms. The molecule has 8 nitrogen and oxygen atoms in total. The zero-order chi connectivity index (χ0) is 23.6. The van der Waals surface area contributed by atoms with Gasteiger partial charge in [-0.15, -0.1) is 0 Å². The molecule has 4 aromatic rings. The third kappa shape index (κ3) is 4.52. The largest absolute Gasteiger partial charge is 0.416 e. The molecule has 0 saturated heterocycles. The summed E-state index contributed by atoms with van der Waals surface area (Å²) >= 11 is 0. The summed E-state index contributed by atoms with van der Waals surface area (Å²) in [4.78, 5) is 22.9. The van der Waals surface area contributed by atoms with E-state index in [2.05, 4.69) is 20.3 Å². The molecule has 0 aliphatic carbocycles. The quantitative estimate of drug-likeness (QED) is 0.273. The lowest BCUT2D eigenvalue weighted by molar-refractivity contribution is -0.137. The van der Waals surface area contributed by atoms with Crippen molar-refractivity contribution in [2.45, 2.75) is 12.7 Å². The summed E-state index contributed by atoms with van der Waals surface area (Å²) in [5.74, 6) is 4.65. The number of fused-ring (bicyclic) bond motifs is 1. The second kappa shape index (κ2) is 8.69. The van der Waals surface area contributed by atoms with Crippen molar-refractivity contribution in [2.75, 3.05) is 11.9 Å². The Morgan fingerprint density at radius 2 is 1.76 bits per heavy atom. The molecule has 2 aromatic heterocycles. The van der Waals surface area contributed by atoms with Crippen LogP contribution in [0.4, 0.5) is 18.9 Å². The molecular weight excluding hydrogens is 435 g/mol. The van der Waals surface area contributed by atoms with Crippen LogP contribution in [0.3, 0.4) is 0 Å². The van der Waals surface area contributed by atoms with Crippen molar-refractivity contribution >= 4 is 17.2 Å². The number of carbonyl (C=O) groups is 1. The molecule has 2 aromatic carbocycles. The summed E-state index contributed by atoms with van der Waals surface area (Å²) in [5.41, 5.74) is 2.46. The third-order valence-electron chi connectivity index (χ3n) is 5.09. The number of anilines is 1. The monoisotopic (exact) mass is 453 g/mol. The Morgan fingerprint density at radius 3 is 2.39 bits per heavy atom. The van der Waals surface area contributed by atoms with E-state index in [1.54, 1.807) is 23.6 Å². The van der Waals surface area contributed by atoms with Crippen LogP contribution in [0.1, 0.15) is 21.6 Å². The van der Waals surface area contributed by atoms with Crippen LogP contribution in [0.5, 0.6) is 0 Å². The van der Waals surface area contributed by atoms with Gasteiger partial charge in [-0.25, -0.2) is 9.97 Å². The molecule has 0 atom stereocenters. The Morgan fingerprint density at radius 1 is 1.06 bits per heavy atom. The lowest BCUT2D eigenvalue weighted by Crippen LogP contribution is -2.27. The number of hydrogen-bond donors (Lipinski definition) is 1. The van der Waals surface area contributed by atoms with Gasteiger partial charge in [0, 0.05) is 24.5 Å². The van der Waals surface area contributed by atoms with E-state index in [1.165, 1.54) is 35.6 Å². The zero-order valence-electron chi connectivity index (χ0n) is 17.4. The highest BCUT2D eigenvalue weighted by atomic mass is 19.4. The fourth-order valence-corrected chi connectivity index (χ4v) is 3.28. The number of rotatable bonds is 5. The molecule has 0 bridgehead atoms. The predicted molar refractivity (Wildman–Crippen MR) is 115 cm³/mol. The highest BCUT2D eigenvalue weighted by Gasteiger charge is 2.30. The summed E-state index contributed by atoms with van der Waals surface area (Å²) in [6.07, 6.45) is 0.0631. The first-order chi connectivity index (χ1) is 15.8. The van der Waals surface area contributed by atoms with Crippen molar-refractivity contribution in [1.82, 2.24) is 14.4 Å². The molecule has 1 amide bonds. The summed E-state index contributed by atoms with van der Waals surface area (Å²) in [7, 11) is 1.62. The van der Waals surface area contributed by atoms with E-state index >= 15 is 0 Å². The molecule has 0 aliphatic heterocycles. The molecule has 0 saturated carbocycles. The molecule has 0 radical (unpaired) electrons. The first kappa shape index (κ1) is 21.9. The zero-order valence-corrected chi connectivity index (χ0v) is 17.4. The van der Waals surface area contributed by atoms with E-state index in [0.717, 1.165) is 17.7 Å². The van der Waals surface area contributed by atoms with Crippen LogP contribution < -0.4 is 10.7 Å². The Balaban J connectivity index is 1.62. The molecule has 4 rings (SSSR count). The number of amides is 1. The lowest BCUT2D eigenvalue weighted by atomic mass is 10.1. The number of benzene rings is 2. The number of nitrogens with zero attached hydrogens (tertiary/aromatic N) is 6. The number of hydrogen-bond acceptors (Lipinski definition) is 5. The maximum absolute atomic E-state index is 13.0. The van der Waals surface area contributed by atoms with Crippen LogP contribution in [0, 0.1) is 0 Å². The van der Waals surface area contributed by atoms with Gasteiger partial charge in [0.1, 0.15) is 5.69 Å². The lowest BCUT2D eigenvalue weighted by Gasteiger charge is -2.17. The van der Waals surface area contributed by atoms with Gasteiger partial charge in [0.05, 0.1) is 30.2 Å². The molecule has 0 spiro atoms. The predicted octanol–water partition coefficient (Wildman–Crippen LogP) is 4.52. The number of carbonyl (C=O) groups excluding carboxylic acids is 1. The Hall–Kier alpha value is -4.28. The summed E-state index contributed by atoms with van der Waals surface area (Å²) in [6, 6.07) is 11.9. The number of nitrogens with two attached hydrogens (primary N) is 1. The molecule has 2 N–H and O–H groups in total. The minimum Gasteiger partial charge on any atom is -0.310 e. The van der Waals surface area contributed by atoms with E-state index < -0.39 is 11.7 Å². The highest BCUT2D eigenvalue weighted by molar-refractivity contribution is 6.04. The molecule has 11 heteroatoms. The standard InChI is InChI=1S/C22H18F3N7O/c1-31(17-8-2-14(3-9-17)10-29-30-26)21(33)18-13-32-19(11-28-20(32)12-27-18)15-4-6-16(7-5-15)22(23,24)25/h2-9,11-13H,10H2,1H3,(H2,26,29). The van der Waals surface area contributed by atoms with Crippen molar-refractivity contribution in [1.29, 1.82) is 0 Å². The van der Waals surface area contributed by atoms with Crippen molar-refractivity contribution in [3.63, 3.8) is 0 Å². The van der Waals surface area contributed by atoms with Gasteiger partial charge in [-0.2, -0.15) is 18.3 Å². The highest BCUT2D eigenvalue weighted by Crippen LogP contribution is 2.31. The summed E-state index contributed by atoms with van der Waals surface area (Å²) in [5, 5.41) is 6.94.